The molecule has 2 aliphatic rings. The van der Waals surface area contributed by atoms with Gasteiger partial charge in [-0.25, -0.2) is 4.68 Å². The van der Waals surface area contributed by atoms with Gasteiger partial charge in [-0.15, -0.1) is 0 Å². The monoisotopic (exact) mass is 324 g/mol. The number of hydrogen-bond acceptors (Lipinski definition) is 3. The SMILES string of the molecule is Cc1cc(C)n(-c2cccc(CN3C[C@H]4CCCN4C[C@H]3C)c2)n1. The highest BCUT2D eigenvalue weighted by molar-refractivity contribution is 5.37. The molecule has 0 bridgehead atoms. The fourth-order valence-electron chi connectivity index (χ4n) is 4.38. The van der Waals surface area contributed by atoms with Crippen LogP contribution in [0.25, 0.3) is 5.69 Å². The fourth-order valence-corrected chi connectivity index (χ4v) is 4.38. The van der Waals surface area contributed by atoms with Gasteiger partial charge in [0.2, 0.25) is 0 Å². The Morgan fingerprint density at radius 2 is 2.04 bits per heavy atom. The first-order valence-electron chi connectivity index (χ1n) is 9.21. The van der Waals surface area contributed by atoms with E-state index in [0.717, 1.165) is 18.3 Å². The minimum Gasteiger partial charge on any atom is -0.298 e. The number of nitrogens with zero attached hydrogens (tertiary/aromatic N) is 4. The van der Waals surface area contributed by atoms with Crippen LogP contribution < -0.4 is 0 Å². The van der Waals surface area contributed by atoms with Crippen LogP contribution in [-0.4, -0.2) is 51.3 Å². The van der Waals surface area contributed by atoms with Crippen molar-refractivity contribution in [2.45, 2.75) is 52.2 Å². The summed E-state index contributed by atoms with van der Waals surface area (Å²) in [6.07, 6.45) is 2.74. The number of rotatable bonds is 3. The lowest BCUT2D eigenvalue weighted by Gasteiger charge is -2.42. The Morgan fingerprint density at radius 3 is 2.83 bits per heavy atom. The average molecular weight is 324 g/mol. The van der Waals surface area contributed by atoms with E-state index >= 15 is 0 Å². The second-order valence-electron chi connectivity index (χ2n) is 7.58. The molecule has 4 nitrogen and oxygen atoms in total. The lowest BCUT2D eigenvalue weighted by Crippen LogP contribution is -2.54. The van der Waals surface area contributed by atoms with Crippen molar-refractivity contribution in [1.82, 2.24) is 19.6 Å². The zero-order valence-electron chi connectivity index (χ0n) is 15.1. The molecule has 2 aromatic rings. The summed E-state index contributed by atoms with van der Waals surface area (Å²) >= 11 is 0. The fraction of sp³-hybridized carbons (Fsp3) is 0.550. The maximum absolute atomic E-state index is 4.62. The summed E-state index contributed by atoms with van der Waals surface area (Å²) in [4.78, 5) is 5.35. The van der Waals surface area contributed by atoms with E-state index in [1.54, 1.807) is 0 Å². The first kappa shape index (κ1) is 15.9. The molecule has 0 N–H and O–H groups in total. The first-order valence-corrected chi connectivity index (χ1v) is 9.21. The van der Waals surface area contributed by atoms with Gasteiger partial charge in [-0.3, -0.25) is 9.80 Å². The number of aryl methyl sites for hydroxylation is 2. The average Bonchev–Trinajstić information content (AvgIpc) is 3.13. The van der Waals surface area contributed by atoms with Crippen molar-refractivity contribution in [3.63, 3.8) is 0 Å². The summed E-state index contributed by atoms with van der Waals surface area (Å²) < 4.78 is 2.05. The first-order chi connectivity index (χ1) is 11.6. The Labute approximate surface area is 145 Å². The van der Waals surface area contributed by atoms with Crippen molar-refractivity contribution in [3.8, 4) is 5.69 Å². The number of fused-ring (bicyclic) bond motifs is 1. The molecule has 24 heavy (non-hydrogen) atoms. The highest BCUT2D eigenvalue weighted by Gasteiger charge is 2.34. The number of benzene rings is 1. The molecule has 0 radical (unpaired) electrons. The van der Waals surface area contributed by atoms with Crippen LogP contribution in [0.15, 0.2) is 30.3 Å². The Kier molecular flexibility index (Phi) is 4.19. The summed E-state index contributed by atoms with van der Waals surface area (Å²) in [7, 11) is 0. The van der Waals surface area contributed by atoms with E-state index in [9.17, 15) is 0 Å². The highest BCUT2D eigenvalue weighted by Crippen LogP contribution is 2.26. The van der Waals surface area contributed by atoms with Crippen molar-refractivity contribution in [2.75, 3.05) is 19.6 Å². The molecular weight excluding hydrogens is 296 g/mol. The van der Waals surface area contributed by atoms with E-state index in [4.69, 9.17) is 0 Å². The van der Waals surface area contributed by atoms with Crippen LogP contribution in [0.2, 0.25) is 0 Å². The Bertz CT molecular complexity index is 720. The van der Waals surface area contributed by atoms with Gasteiger partial charge in [0.1, 0.15) is 0 Å². The van der Waals surface area contributed by atoms with Gasteiger partial charge in [0.15, 0.2) is 0 Å². The molecule has 1 aromatic heterocycles. The van der Waals surface area contributed by atoms with Crippen molar-refractivity contribution < 1.29 is 0 Å². The number of piperazine rings is 1. The smallest absolute Gasteiger partial charge is 0.0651 e. The minimum absolute atomic E-state index is 0.636. The van der Waals surface area contributed by atoms with Gasteiger partial charge in [-0.05, 0) is 63.9 Å². The molecule has 2 fully saturated rings. The normalized spacial score (nSPS) is 25.1. The minimum atomic E-state index is 0.636. The maximum atomic E-state index is 4.62. The molecule has 0 spiro atoms. The maximum Gasteiger partial charge on any atom is 0.0651 e. The van der Waals surface area contributed by atoms with E-state index in [1.807, 2.05) is 0 Å². The van der Waals surface area contributed by atoms with Crippen LogP contribution in [0, 0.1) is 13.8 Å². The number of hydrogen-bond donors (Lipinski definition) is 0. The van der Waals surface area contributed by atoms with Gasteiger partial charge in [-0.2, -0.15) is 5.10 Å². The number of aromatic nitrogens is 2. The van der Waals surface area contributed by atoms with E-state index in [1.165, 1.54) is 49.4 Å². The van der Waals surface area contributed by atoms with Crippen molar-refractivity contribution in [1.29, 1.82) is 0 Å². The molecule has 0 saturated carbocycles. The largest absolute Gasteiger partial charge is 0.298 e. The van der Waals surface area contributed by atoms with Gasteiger partial charge >= 0.3 is 0 Å². The summed E-state index contributed by atoms with van der Waals surface area (Å²) in [5.74, 6) is 0. The summed E-state index contributed by atoms with van der Waals surface area (Å²) in [6.45, 7) is 11.3. The zero-order valence-corrected chi connectivity index (χ0v) is 15.1. The van der Waals surface area contributed by atoms with E-state index < -0.39 is 0 Å². The molecule has 3 heterocycles. The van der Waals surface area contributed by atoms with Crippen molar-refractivity contribution in [3.05, 3.63) is 47.3 Å². The van der Waals surface area contributed by atoms with Crippen LogP contribution in [0.1, 0.15) is 36.7 Å². The predicted molar refractivity (Wildman–Crippen MR) is 97.5 cm³/mol. The molecule has 2 aliphatic heterocycles. The molecule has 2 atom stereocenters. The third-order valence-corrected chi connectivity index (χ3v) is 5.62. The second kappa shape index (κ2) is 6.34. The van der Waals surface area contributed by atoms with E-state index in [-0.39, 0.29) is 0 Å². The molecule has 4 rings (SSSR count). The molecular formula is C20H28N4. The van der Waals surface area contributed by atoms with Gasteiger partial charge in [0, 0.05) is 37.4 Å². The lowest BCUT2D eigenvalue weighted by atomic mass is 10.1. The molecule has 4 heteroatoms. The lowest BCUT2D eigenvalue weighted by molar-refractivity contribution is 0.0540. The summed E-state index contributed by atoms with van der Waals surface area (Å²) in [6, 6.07) is 12.4. The Balaban J connectivity index is 1.52. The van der Waals surface area contributed by atoms with E-state index in [2.05, 4.69) is 70.7 Å². The standard InChI is InChI=1S/C20H28N4/c1-15-10-16(2)24(21-15)19-7-4-6-18(11-19)13-23-14-20-8-5-9-22(20)12-17(23)3/h4,6-7,10-11,17,20H,5,8-9,12-14H2,1-3H3/t17-,20-/m1/s1. The Morgan fingerprint density at radius 1 is 1.17 bits per heavy atom. The summed E-state index contributed by atoms with van der Waals surface area (Å²) in [5, 5.41) is 4.62. The van der Waals surface area contributed by atoms with Crippen molar-refractivity contribution in [2.24, 2.45) is 0 Å². The second-order valence-corrected chi connectivity index (χ2v) is 7.58. The van der Waals surface area contributed by atoms with Crippen LogP contribution in [0.4, 0.5) is 0 Å². The van der Waals surface area contributed by atoms with Crippen LogP contribution in [-0.2, 0) is 6.54 Å². The van der Waals surface area contributed by atoms with Gasteiger partial charge in [-0.1, -0.05) is 12.1 Å². The topological polar surface area (TPSA) is 24.3 Å². The van der Waals surface area contributed by atoms with Crippen LogP contribution >= 0.6 is 0 Å². The van der Waals surface area contributed by atoms with E-state index in [0.29, 0.717) is 6.04 Å². The molecule has 128 valence electrons. The zero-order chi connectivity index (χ0) is 16.7. The molecule has 0 amide bonds. The predicted octanol–water partition coefficient (Wildman–Crippen LogP) is 3.16. The van der Waals surface area contributed by atoms with Crippen LogP contribution in [0.3, 0.4) is 0 Å². The Hall–Kier alpha value is -1.65. The van der Waals surface area contributed by atoms with Gasteiger partial charge in [0.05, 0.1) is 11.4 Å². The molecule has 0 aliphatic carbocycles. The van der Waals surface area contributed by atoms with Gasteiger partial charge in [0.25, 0.3) is 0 Å². The van der Waals surface area contributed by atoms with Crippen molar-refractivity contribution >= 4 is 0 Å². The quantitative estimate of drug-likeness (QED) is 0.867. The summed E-state index contributed by atoms with van der Waals surface area (Å²) in [5.41, 5.74) is 4.82. The third kappa shape index (κ3) is 3.01. The third-order valence-electron chi connectivity index (χ3n) is 5.62. The molecule has 0 unspecified atom stereocenters. The van der Waals surface area contributed by atoms with Crippen LogP contribution in [0.5, 0.6) is 0 Å². The molecule has 2 saturated heterocycles. The van der Waals surface area contributed by atoms with Gasteiger partial charge < -0.3 is 0 Å². The highest BCUT2D eigenvalue weighted by atomic mass is 15.3. The molecule has 1 aromatic carbocycles.